The number of carbonyl (C=O) groups excluding carboxylic acids is 2. The monoisotopic (exact) mass is 353 g/mol. The highest BCUT2D eigenvalue weighted by Gasteiger charge is 2.43. The zero-order valence-electron chi connectivity index (χ0n) is 14.3. The third-order valence-electron chi connectivity index (χ3n) is 5.08. The van der Waals surface area contributed by atoms with Gasteiger partial charge in [0.15, 0.2) is 0 Å². The van der Waals surface area contributed by atoms with E-state index in [9.17, 15) is 14.0 Å². The van der Waals surface area contributed by atoms with Crippen molar-refractivity contribution in [3.8, 4) is 0 Å². The van der Waals surface area contributed by atoms with Gasteiger partial charge in [0.1, 0.15) is 5.82 Å². The van der Waals surface area contributed by atoms with Crippen LogP contribution in [0.3, 0.4) is 0 Å². The van der Waals surface area contributed by atoms with E-state index in [0.29, 0.717) is 5.69 Å². The first kappa shape index (κ1) is 16.7. The predicted octanol–water partition coefficient (Wildman–Crippen LogP) is 2.28. The lowest BCUT2D eigenvalue weighted by atomic mass is 10.1. The molecule has 0 bridgehead atoms. The number of halogens is 1. The second kappa shape index (κ2) is 6.88. The molecule has 0 N–H and O–H groups in total. The Hall–Kier alpha value is -2.73. The average Bonchev–Trinajstić information content (AvgIpc) is 2.98. The minimum atomic E-state index is -0.425. The fraction of sp³-hybridized carbons (Fsp3) is 0.300. The lowest BCUT2D eigenvalue weighted by Crippen LogP contribution is -2.52. The minimum Gasteiger partial charge on any atom is -0.369 e. The van der Waals surface area contributed by atoms with E-state index in [2.05, 4.69) is 21.9 Å². The van der Waals surface area contributed by atoms with Gasteiger partial charge < -0.3 is 4.90 Å². The van der Waals surface area contributed by atoms with Crippen LogP contribution in [0.2, 0.25) is 0 Å². The number of amides is 2. The Morgan fingerprint density at radius 2 is 1.46 bits per heavy atom. The molecule has 0 aliphatic carbocycles. The van der Waals surface area contributed by atoms with Crippen LogP contribution in [0, 0.1) is 5.82 Å². The molecule has 26 heavy (non-hydrogen) atoms. The molecule has 0 unspecified atom stereocenters. The molecule has 2 fully saturated rings. The van der Waals surface area contributed by atoms with Gasteiger partial charge in [0.2, 0.25) is 5.91 Å². The topological polar surface area (TPSA) is 43.9 Å². The maximum absolute atomic E-state index is 13.1. The molecule has 5 nitrogen and oxygen atoms in total. The number of carbonyl (C=O) groups is 2. The molecule has 2 saturated heterocycles. The maximum Gasteiger partial charge on any atom is 0.251 e. The highest BCUT2D eigenvalue weighted by Crippen LogP contribution is 2.27. The summed E-state index contributed by atoms with van der Waals surface area (Å²) in [7, 11) is 0. The molecule has 2 heterocycles. The number of rotatable bonds is 3. The fourth-order valence-corrected chi connectivity index (χ4v) is 3.69. The van der Waals surface area contributed by atoms with Crippen LogP contribution in [-0.2, 0) is 9.59 Å². The SMILES string of the molecule is O=C1C[C@@H](N2CCN(c3ccccc3)CC2)C(=O)N1c1ccc(F)cc1. The van der Waals surface area contributed by atoms with Crippen molar-refractivity contribution in [2.24, 2.45) is 0 Å². The summed E-state index contributed by atoms with van der Waals surface area (Å²) in [5.41, 5.74) is 1.61. The van der Waals surface area contributed by atoms with Gasteiger partial charge in [-0.3, -0.25) is 14.5 Å². The van der Waals surface area contributed by atoms with Gasteiger partial charge in [0.05, 0.1) is 18.2 Å². The highest BCUT2D eigenvalue weighted by molar-refractivity contribution is 6.22. The van der Waals surface area contributed by atoms with Gasteiger partial charge in [-0.15, -0.1) is 0 Å². The zero-order valence-corrected chi connectivity index (χ0v) is 14.3. The lowest BCUT2D eigenvalue weighted by Gasteiger charge is -2.38. The average molecular weight is 353 g/mol. The lowest BCUT2D eigenvalue weighted by molar-refractivity contribution is -0.123. The number of benzene rings is 2. The summed E-state index contributed by atoms with van der Waals surface area (Å²) in [5, 5.41) is 0. The zero-order chi connectivity index (χ0) is 18.1. The second-order valence-electron chi connectivity index (χ2n) is 6.62. The van der Waals surface area contributed by atoms with Gasteiger partial charge in [-0.1, -0.05) is 18.2 Å². The van der Waals surface area contributed by atoms with Gasteiger partial charge in [0.25, 0.3) is 5.91 Å². The van der Waals surface area contributed by atoms with Gasteiger partial charge in [-0.05, 0) is 36.4 Å². The van der Waals surface area contributed by atoms with Crippen LogP contribution in [0.4, 0.5) is 15.8 Å². The number of hydrogen-bond acceptors (Lipinski definition) is 4. The summed E-state index contributed by atoms with van der Waals surface area (Å²) < 4.78 is 13.1. The number of hydrogen-bond donors (Lipinski definition) is 0. The molecule has 0 spiro atoms. The van der Waals surface area contributed by atoms with Crippen LogP contribution in [0.5, 0.6) is 0 Å². The highest BCUT2D eigenvalue weighted by atomic mass is 19.1. The summed E-state index contributed by atoms with van der Waals surface area (Å²) in [6.07, 6.45) is 0.182. The molecule has 134 valence electrons. The van der Waals surface area contributed by atoms with Crippen molar-refractivity contribution in [3.05, 3.63) is 60.4 Å². The summed E-state index contributed by atoms with van der Waals surface area (Å²) in [6.45, 7) is 3.10. The normalized spacial score (nSPS) is 21.5. The first-order chi connectivity index (χ1) is 12.6. The van der Waals surface area contributed by atoms with E-state index < -0.39 is 6.04 Å². The van der Waals surface area contributed by atoms with E-state index in [1.165, 1.54) is 34.9 Å². The standard InChI is InChI=1S/C20H20FN3O2/c21-15-6-8-17(9-7-15)24-19(25)14-18(20(24)26)23-12-10-22(11-13-23)16-4-2-1-3-5-16/h1-9,18H,10-14H2/t18-/m1/s1. The Balaban J connectivity index is 1.44. The number of anilines is 2. The molecule has 0 aromatic heterocycles. The number of para-hydroxylation sites is 1. The Kier molecular flexibility index (Phi) is 4.42. The van der Waals surface area contributed by atoms with Crippen molar-refractivity contribution in [1.82, 2.24) is 4.90 Å². The Labute approximate surface area is 151 Å². The number of piperazine rings is 1. The molecular formula is C20H20FN3O2. The molecule has 2 aliphatic heterocycles. The van der Waals surface area contributed by atoms with E-state index in [1.807, 2.05) is 18.2 Å². The molecule has 0 saturated carbocycles. The van der Waals surface area contributed by atoms with Crippen molar-refractivity contribution in [2.45, 2.75) is 12.5 Å². The van der Waals surface area contributed by atoms with Crippen molar-refractivity contribution in [2.75, 3.05) is 36.0 Å². The number of nitrogens with zero attached hydrogens (tertiary/aromatic N) is 3. The molecule has 2 aliphatic rings. The molecule has 4 rings (SSSR count). The first-order valence-electron chi connectivity index (χ1n) is 8.80. The van der Waals surface area contributed by atoms with Crippen LogP contribution in [-0.4, -0.2) is 48.9 Å². The first-order valence-corrected chi connectivity index (χ1v) is 8.80. The predicted molar refractivity (Wildman–Crippen MR) is 97.5 cm³/mol. The third-order valence-corrected chi connectivity index (χ3v) is 5.08. The molecule has 2 aromatic carbocycles. The third kappa shape index (κ3) is 3.08. The van der Waals surface area contributed by atoms with Crippen molar-refractivity contribution in [1.29, 1.82) is 0 Å². The minimum absolute atomic E-state index is 0.182. The van der Waals surface area contributed by atoms with Gasteiger partial charge in [-0.25, -0.2) is 9.29 Å². The molecule has 2 aromatic rings. The van der Waals surface area contributed by atoms with E-state index >= 15 is 0 Å². The molecule has 6 heteroatoms. The summed E-state index contributed by atoms with van der Waals surface area (Å²) in [5.74, 6) is -0.826. The van der Waals surface area contributed by atoms with Crippen molar-refractivity contribution >= 4 is 23.2 Å². The quantitative estimate of drug-likeness (QED) is 0.794. The fourth-order valence-electron chi connectivity index (χ4n) is 3.69. The van der Waals surface area contributed by atoms with E-state index in [0.717, 1.165) is 26.2 Å². The molecular weight excluding hydrogens is 333 g/mol. The summed E-state index contributed by atoms with van der Waals surface area (Å²) >= 11 is 0. The summed E-state index contributed by atoms with van der Waals surface area (Å²) in [6, 6.07) is 15.2. The van der Waals surface area contributed by atoms with Crippen LogP contribution >= 0.6 is 0 Å². The molecule has 1 atom stereocenters. The Bertz CT molecular complexity index is 802. The van der Waals surface area contributed by atoms with Crippen molar-refractivity contribution < 1.29 is 14.0 Å². The second-order valence-corrected chi connectivity index (χ2v) is 6.62. The Morgan fingerprint density at radius 3 is 2.12 bits per heavy atom. The largest absolute Gasteiger partial charge is 0.369 e. The van der Waals surface area contributed by atoms with Gasteiger partial charge >= 0.3 is 0 Å². The van der Waals surface area contributed by atoms with Crippen LogP contribution < -0.4 is 9.80 Å². The molecule has 0 radical (unpaired) electrons. The molecule has 2 amide bonds. The number of imide groups is 1. The Morgan fingerprint density at radius 1 is 0.808 bits per heavy atom. The van der Waals surface area contributed by atoms with Crippen molar-refractivity contribution in [3.63, 3.8) is 0 Å². The maximum atomic E-state index is 13.1. The van der Waals surface area contributed by atoms with Gasteiger partial charge in [-0.2, -0.15) is 0 Å². The van der Waals surface area contributed by atoms with Crippen LogP contribution in [0.15, 0.2) is 54.6 Å². The van der Waals surface area contributed by atoms with Crippen LogP contribution in [0.25, 0.3) is 0 Å². The summed E-state index contributed by atoms with van der Waals surface area (Å²) in [4.78, 5) is 30.8. The smallest absolute Gasteiger partial charge is 0.251 e. The van der Waals surface area contributed by atoms with Crippen LogP contribution in [0.1, 0.15) is 6.42 Å². The van der Waals surface area contributed by atoms with E-state index in [1.54, 1.807) is 0 Å². The van der Waals surface area contributed by atoms with E-state index in [-0.39, 0.29) is 24.1 Å². The van der Waals surface area contributed by atoms with E-state index in [4.69, 9.17) is 0 Å². The van der Waals surface area contributed by atoms with Gasteiger partial charge in [0, 0.05) is 31.9 Å².